The van der Waals surface area contributed by atoms with Crippen LogP contribution in [0.3, 0.4) is 0 Å². The van der Waals surface area contributed by atoms with Gasteiger partial charge in [-0.15, -0.1) is 12.4 Å². The van der Waals surface area contributed by atoms with Gasteiger partial charge in [0.25, 0.3) is 0 Å². The molecular formula is C10H11ClFNO. The summed E-state index contributed by atoms with van der Waals surface area (Å²) in [5.41, 5.74) is 0.463. The van der Waals surface area contributed by atoms with Crippen molar-refractivity contribution in [1.29, 1.82) is 0 Å². The predicted octanol–water partition coefficient (Wildman–Crippen LogP) is 1.85. The van der Waals surface area contributed by atoms with Crippen LogP contribution in [-0.2, 0) is 4.79 Å². The Morgan fingerprint density at radius 3 is 2.64 bits per heavy atom. The minimum absolute atomic E-state index is 0. The van der Waals surface area contributed by atoms with Gasteiger partial charge in [-0.25, -0.2) is 4.39 Å². The van der Waals surface area contributed by atoms with E-state index in [1.54, 1.807) is 18.2 Å². The van der Waals surface area contributed by atoms with Crippen molar-refractivity contribution in [3.8, 4) is 0 Å². The van der Waals surface area contributed by atoms with Gasteiger partial charge in [-0.05, 0) is 6.07 Å². The number of carbonyl (C=O) groups excluding carboxylic acids is 1. The molecule has 0 aliphatic carbocycles. The average molecular weight is 216 g/mol. The summed E-state index contributed by atoms with van der Waals surface area (Å²) in [6.45, 7) is 0.651. The summed E-state index contributed by atoms with van der Waals surface area (Å²) in [6.07, 6.45) is 0.499. The van der Waals surface area contributed by atoms with E-state index in [0.717, 1.165) is 0 Å². The molecule has 1 atom stereocenters. The lowest BCUT2D eigenvalue weighted by atomic mass is 10.0. The molecule has 1 aromatic carbocycles. The molecule has 1 unspecified atom stereocenters. The Labute approximate surface area is 87.9 Å². The van der Waals surface area contributed by atoms with Crippen LogP contribution in [0.5, 0.6) is 0 Å². The Morgan fingerprint density at radius 1 is 1.36 bits per heavy atom. The van der Waals surface area contributed by atoms with Crippen LogP contribution in [0.25, 0.3) is 0 Å². The number of halogens is 2. The van der Waals surface area contributed by atoms with Crippen LogP contribution < -0.4 is 5.32 Å². The summed E-state index contributed by atoms with van der Waals surface area (Å²) < 4.78 is 13.2. The molecule has 1 aliphatic heterocycles. The molecule has 0 saturated carbocycles. The topological polar surface area (TPSA) is 29.1 Å². The maximum absolute atomic E-state index is 13.2. The van der Waals surface area contributed by atoms with E-state index < -0.39 is 6.04 Å². The zero-order valence-electron chi connectivity index (χ0n) is 7.50. The van der Waals surface area contributed by atoms with Crippen LogP contribution >= 0.6 is 12.4 Å². The van der Waals surface area contributed by atoms with Crippen molar-refractivity contribution < 1.29 is 9.18 Å². The molecule has 2 nitrogen and oxygen atoms in total. The summed E-state index contributed by atoms with van der Waals surface area (Å²) in [5, 5.41) is 2.97. The lowest BCUT2D eigenvalue weighted by Gasteiger charge is -2.09. The Kier molecular flexibility index (Phi) is 3.61. The molecule has 0 aromatic heterocycles. The fraction of sp³-hybridized carbons (Fsp3) is 0.300. The number of hydrogen-bond acceptors (Lipinski definition) is 2. The van der Waals surface area contributed by atoms with E-state index >= 15 is 0 Å². The molecule has 1 N–H and O–H groups in total. The van der Waals surface area contributed by atoms with Gasteiger partial charge in [0.1, 0.15) is 5.82 Å². The second-order valence-corrected chi connectivity index (χ2v) is 3.12. The third-order valence-electron chi connectivity index (χ3n) is 2.26. The van der Waals surface area contributed by atoms with E-state index in [4.69, 9.17) is 0 Å². The van der Waals surface area contributed by atoms with E-state index in [1.807, 2.05) is 0 Å². The highest BCUT2D eigenvalue weighted by Gasteiger charge is 2.27. The van der Waals surface area contributed by atoms with Gasteiger partial charge in [-0.3, -0.25) is 4.79 Å². The van der Waals surface area contributed by atoms with Gasteiger partial charge in [0.2, 0.25) is 0 Å². The summed E-state index contributed by atoms with van der Waals surface area (Å²) in [4.78, 5) is 11.3. The third kappa shape index (κ3) is 1.94. The molecule has 76 valence electrons. The molecule has 1 saturated heterocycles. The molecule has 14 heavy (non-hydrogen) atoms. The smallest absolute Gasteiger partial charge is 0.155 e. The van der Waals surface area contributed by atoms with Crippen LogP contribution in [-0.4, -0.2) is 12.3 Å². The highest BCUT2D eigenvalue weighted by atomic mass is 35.5. The van der Waals surface area contributed by atoms with E-state index in [2.05, 4.69) is 5.32 Å². The molecule has 1 fully saturated rings. The molecule has 1 aromatic rings. The van der Waals surface area contributed by atoms with E-state index in [-0.39, 0.29) is 24.0 Å². The molecule has 0 spiro atoms. The Hall–Kier alpha value is -0.930. The Bertz CT molecular complexity index is 343. The van der Waals surface area contributed by atoms with E-state index in [0.29, 0.717) is 18.5 Å². The van der Waals surface area contributed by atoms with Crippen LogP contribution in [0.4, 0.5) is 4.39 Å². The molecule has 1 aliphatic rings. The van der Waals surface area contributed by atoms with Gasteiger partial charge in [-0.1, -0.05) is 18.2 Å². The molecule has 0 bridgehead atoms. The predicted molar refractivity (Wildman–Crippen MR) is 54.0 cm³/mol. The van der Waals surface area contributed by atoms with Gasteiger partial charge in [0.05, 0.1) is 6.04 Å². The standard InChI is InChI=1S/C10H10FNO.ClH/c11-8-4-2-1-3-7(8)10-9(13)5-6-12-10;/h1-4,10,12H,5-6H2;1H. The summed E-state index contributed by atoms with van der Waals surface area (Å²) in [5.74, 6) is -0.236. The maximum atomic E-state index is 13.2. The fourth-order valence-electron chi connectivity index (χ4n) is 1.59. The van der Waals surface area contributed by atoms with Crippen molar-refractivity contribution in [2.24, 2.45) is 0 Å². The number of benzene rings is 1. The zero-order valence-corrected chi connectivity index (χ0v) is 8.31. The van der Waals surface area contributed by atoms with Crippen LogP contribution in [0.2, 0.25) is 0 Å². The van der Waals surface area contributed by atoms with Crippen molar-refractivity contribution in [2.75, 3.05) is 6.54 Å². The van der Waals surface area contributed by atoms with Gasteiger partial charge in [-0.2, -0.15) is 0 Å². The van der Waals surface area contributed by atoms with Crippen LogP contribution in [0, 0.1) is 5.82 Å². The first-order chi connectivity index (χ1) is 6.29. The van der Waals surface area contributed by atoms with Crippen LogP contribution in [0.15, 0.2) is 24.3 Å². The molecule has 2 rings (SSSR count). The van der Waals surface area contributed by atoms with Crippen molar-refractivity contribution in [2.45, 2.75) is 12.5 Å². The number of Topliss-reactive ketones (excluding diaryl/α,β-unsaturated/α-hetero) is 1. The van der Waals surface area contributed by atoms with Crippen molar-refractivity contribution >= 4 is 18.2 Å². The normalized spacial score (nSPS) is 20.6. The van der Waals surface area contributed by atoms with E-state index in [9.17, 15) is 9.18 Å². The minimum Gasteiger partial charge on any atom is -0.303 e. The molecule has 4 heteroatoms. The SMILES string of the molecule is Cl.O=C1CCNC1c1ccccc1F. The van der Waals surface area contributed by atoms with Gasteiger partial charge in [0, 0.05) is 18.5 Å². The number of nitrogens with one attached hydrogen (secondary N) is 1. The highest BCUT2D eigenvalue weighted by Crippen LogP contribution is 2.21. The second-order valence-electron chi connectivity index (χ2n) is 3.12. The number of rotatable bonds is 1. The molecule has 0 radical (unpaired) electrons. The largest absolute Gasteiger partial charge is 0.303 e. The maximum Gasteiger partial charge on any atom is 0.155 e. The quantitative estimate of drug-likeness (QED) is 0.775. The van der Waals surface area contributed by atoms with Crippen molar-refractivity contribution in [1.82, 2.24) is 5.32 Å². The van der Waals surface area contributed by atoms with Crippen LogP contribution in [0.1, 0.15) is 18.0 Å². The van der Waals surface area contributed by atoms with Gasteiger partial charge in [0.15, 0.2) is 5.78 Å². The summed E-state index contributed by atoms with van der Waals surface area (Å²) in [6, 6.07) is 5.96. The minimum atomic E-state index is -0.429. The number of carbonyl (C=O) groups is 1. The zero-order chi connectivity index (χ0) is 9.26. The second kappa shape index (κ2) is 4.53. The lowest BCUT2D eigenvalue weighted by Crippen LogP contribution is -2.18. The third-order valence-corrected chi connectivity index (χ3v) is 2.26. The molecule has 0 amide bonds. The Balaban J connectivity index is 0.000000980. The van der Waals surface area contributed by atoms with Crippen molar-refractivity contribution in [3.05, 3.63) is 35.6 Å². The molecule has 1 heterocycles. The fourth-order valence-corrected chi connectivity index (χ4v) is 1.59. The lowest BCUT2D eigenvalue weighted by molar-refractivity contribution is -0.118. The first-order valence-corrected chi connectivity index (χ1v) is 4.29. The summed E-state index contributed by atoms with van der Waals surface area (Å²) in [7, 11) is 0. The van der Waals surface area contributed by atoms with Gasteiger partial charge >= 0.3 is 0 Å². The number of ketones is 1. The Morgan fingerprint density at radius 2 is 2.07 bits per heavy atom. The summed E-state index contributed by atoms with van der Waals surface area (Å²) >= 11 is 0. The van der Waals surface area contributed by atoms with E-state index in [1.165, 1.54) is 6.07 Å². The van der Waals surface area contributed by atoms with Crippen molar-refractivity contribution in [3.63, 3.8) is 0 Å². The highest BCUT2D eigenvalue weighted by molar-refractivity contribution is 5.87. The first kappa shape index (κ1) is 11.1. The average Bonchev–Trinajstić information content (AvgIpc) is 2.52. The first-order valence-electron chi connectivity index (χ1n) is 4.29. The number of hydrogen-bond donors (Lipinski definition) is 1. The van der Waals surface area contributed by atoms with Gasteiger partial charge < -0.3 is 5.32 Å². The monoisotopic (exact) mass is 215 g/mol. The molecular weight excluding hydrogens is 205 g/mol.